The van der Waals surface area contributed by atoms with Crippen LogP contribution in [0.4, 0.5) is 5.69 Å². The number of non-ortho nitro benzene ring substituents is 1. The summed E-state index contributed by atoms with van der Waals surface area (Å²) in [5.74, 6) is 0. The van der Waals surface area contributed by atoms with E-state index >= 15 is 0 Å². The smallest absolute Gasteiger partial charge is 0.270 e. The van der Waals surface area contributed by atoms with Crippen LogP contribution < -0.4 is 5.32 Å². The van der Waals surface area contributed by atoms with Crippen LogP contribution in [0.2, 0.25) is 5.02 Å². The molecule has 0 aliphatic rings. The van der Waals surface area contributed by atoms with Crippen molar-refractivity contribution in [1.29, 1.82) is 0 Å². The first kappa shape index (κ1) is 14.5. The van der Waals surface area contributed by atoms with Crippen LogP contribution in [0.1, 0.15) is 12.0 Å². The standard InChI is InChI=1S/C13H15ClN4O2/c14-13-9-12(18(19)20)4-3-11(13)10-15-5-1-7-17-8-2-6-16-17/h2-4,6,8-9,15H,1,5,7,10H2. The second kappa shape index (κ2) is 7.02. The molecule has 0 spiro atoms. The van der Waals surface area contributed by atoms with Crippen molar-refractivity contribution in [3.63, 3.8) is 0 Å². The molecule has 1 heterocycles. The van der Waals surface area contributed by atoms with E-state index in [1.54, 1.807) is 12.3 Å². The number of nitro benzene ring substituents is 1. The Hall–Kier alpha value is -1.92. The summed E-state index contributed by atoms with van der Waals surface area (Å²) in [4.78, 5) is 10.1. The van der Waals surface area contributed by atoms with Crippen LogP contribution in [0.3, 0.4) is 0 Å². The third kappa shape index (κ3) is 4.04. The Labute approximate surface area is 121 Å². The molecule has 106 valence electrons. The zero-order valence-electron chi connectivity index (χ0n) is 10.8. The first-order valence-electron chi connectivity index (χ1n) is 6.28. The van der Waals surface area contributed by atoms with E-state index in [1.807, 2.05) is 16.9 Å². The highest BCUT2D eigenvalue weighted by molar-refractivity contribution is 6.31. The molecule has 1 N–H and O–H groups in total. The molecular formula is C13H15ClN4O2. The summed E-state index contributed by atoms with van der Waals surface area (Å²) in [6, 6.07) is 6.42. The molecule has 0 bridgehead atoms. The van der Waals surface area contributed by atoms with Gasteiger partial charge in [0, 0.05) is 37.6 Å². The van der Waals surface area contributed by atoms with E-state index in [9.17, 15) is 10.1 Å². The normalized spacial score (nSPS) is 10.7. The van der Waals surface area contributed by atoms with Gasteiger partial charge in [-0.15, -0.1) is 0 Å². The molecule has 0 aliphatic carbocycles. The van der Waals surface area contributed by atoms with Gasteiger partial charge in [-0.25, -0.2) is 0 Å². The van der Waals surface area contributed by atoms with Gasteiger partial charge < -0.3 is 5.32 Å². The number of nitrogens with one attached hydrogen (secondary N) is 1. The zero-order chi connectivity index (χ0) is 14.4. The molecule has 2 rings (SSSR count). The van der Waals surface area contributed by atoms with Gasteiger partial charge >= 0.3 is 0 Å². The van der Waals surface area contributed by atoms with Gasteiger partial charge in [0.2, 0.25) is 0 Å². The average Bonchev–Trinajstić information content (AvgIpc) is 2.93. The molecule has 20 heavy (non-hydrogen) atoms. The van der Waals surface area contributed by atoms with Crippen LogP contribution in [0.15, 0.2) is 36.7 Å². The highest BCUT2D eigenvalue weighted by Crippen LogP contribution is 2.22. The second-order valence-corrected chi connectivity index (χ2v) is 4.74. The molecule has 6 nitrogen and oxygen atoms in total. The number of aromatic nitrogens is 2. The average molecular weight is 295 g/mol. The van der Waals surface area contributed by atoms with E-state index in [-0.39, 0.29) is 5.69 Å². The Morgan fingerprint density at radius 2 is 2.30 bits per heavy atom. The molecule has 2 aromatic rings. The van der Waals surface area contributed by atoms with Gasteiger partial charge in [0.05, 0.1) is 9.95 Å². The largest absolute Gasteiger partial charge is 0.313 e. The highest BCUT2D eigenvalue weighted by atomic mass is 35.5. The maximum Gasteiger partial charge on any atom is 0.270 e. The summed E-state index contributed by atoms with van der Waals surface area (Å²) >= 11 is 6.01. The molecule has 0 fully saturated rings. The van der Waals surface area contributed by atoms with Crippen molar-refractivity contribution in [2.24, 2.45) is 0 Å². The Morgan fingerprint density at radius 1 is 1.45 bits per heavy atom. The SMILES string of the molecule is O=[N+]([O-])c1ccc(CNCCCn2cccn2)c(Cl)c1. The van der Waals surface area contributed by atoms with E-state index in [4.69, 9.17) is 11.6 Å². The van der Waals surface area contributed by atoms with Crippen molar-refractivity contribution in [2.45, 2.75) is 19.5 Å². The second-order valence-electron chi connectivity index (χ2n) is 4.33. The van der Waals surface area contributed by atoms with Crippen LogP contribution in [0.5, 0.6) is 0 Å². The number of hydrogen-bond donors (Lipinski definition) is 1. The number of aryl methyl sites for hydroxylation is 1. The predicted octanol–water partition coefficient (Wildman–Crippen LogP) is 2.62. The summed E-state index contributed by atoms with van der Waals surface area (Å²) in [6.45, 7) is 2.27. The molecule has 7 heteroatoms. The Balaban J connectivity index is 1.75. The van der Waals surface area contributed by atoms with Gasteiger partial charge in [-0.3, -0.25) is 14.8 Å². The number of halogens is 1. The number of hydrogen-bond acceptors (Lipinski definition) is 4. The minimum atomic E-state index is -0.451. The van der Waals surface area contributed by atoms with E-state index in [1.165, 1.54) is 12.1 Å². The van der Waals surface area contributed by atoms with Crippen molar-refractivity contribution in [1.82, 2.24) is 15.1 Å². The van der Waals surface area contributed by atoms with Crippen molar-refractivity contribution in [3.8, 4) is 0 Å². The lowest BCUT2D eigenvalue weighted by atomic mass is 10.2. The van der Waals surface area contributed by atoms with Gasteiger partial charge in [-0.1, -0.05) is 11.6 Å². The number of benzene rings is 1. The van der Waals surface area contributed by atoms with E-state index in [0.29, 0.717) is 11.6 Å². The van der Waals surface area contributed by atoms with Gasteiger partial charge in [-0.05, 0) is 30.7 Å². The molecule has 0 aliphatic heterocycles. The summed E-state index contributed by atoms with van der Waals surface area (Å²) in [7, 11) is 0. The number of nitrogens with zero attached hydrogens (tertiary/aromatic N) is 3. The van der Waals surface area contributed by atoms with Crippen LogP contribution in [-0.4, -0.2) is 21.2 Å². The summed E-state index contributed by atoms with van der Waals surface area (Å²) in [5.41, 5.74) is 0.869. The Bertz CT molecular complexity index is 572. The molecule has 0 saturated heterocycles. The minimum absolute atomic E-state index is 0.0115. The fraction of sp³-hybridized carbons (Fsp3) is 0.308. The lowest BCUT2D eigenvalue weighted by Crippen LogP contribution is -2.17. The van der Waals surface area contributed by atoms with E-state index in [2.05, 4.69) is 10.4 Å². The minimum Gasteiger partial charge on any atom is -0.313 e. The summed E-state index contributed by atoms with van der Waals surface area (Å²) < 4.78 is 1.88. The monoisotopic (exact) mass is 294 g/mol. The maximum atomic E-state index is 10.6. The van der Waals surface area contributed by atoms with E-state index in [0.717, 1.165) is 25.1 Å². The molecule has 0 saturated carbocycles. The lowest BCUT2D eigenvalue weighted by Gasteiger charge is -2.07. The van der Waals surface area contributed by atoms with Gasteiger partial charge in [0.15, 0.2) is 0 Å². The highest BCUT2D eigenvalue weighted by Gasteiger charge is 2.08. The van der Waals surface area contributed by atoms with Crippen molar-refractivity contribution < 1.29 is 4.92 Å². The van der Waals surface area contributed by atoms with Gasteiger partial charge in [0.25, 0.3) is 5.69 Å². The Kier molecular flexibility index (Phi) is 5.09. The van der Waals surface area contributed by atoms with Gasteiger partial charge in [0.1, 0.15) is 0 Å². The van der Waals surface area contributed by atoms with Crippen molar-refractivity contribution in [3.05, 3.63) is 57.4 Å². The molecule has 1 aromatic heterocycles. The first-order chi connectivity index (χ1) is 9.66. The van der Waals surface area contributed by atoms with Crippen LogP contribution in [0, 0.1) is 10.1 Å². The van der Waals surface area contributed by atoms with Gasteiger partial charge in [-0.2, -0.15) is 5.10 Å². The number of nitro groups is 1. The lowest BCUT2D eigenvalue weighted by molar-refractivity contribution is -0.384. The molecule has 0 atom stereocenters. The van der Waals surface area contributed by atoms with Crippen LogP contribution in [0.25, 0.3) is 0 Å². The molecule has 1 aromatic carbocycles. The third-order valence-electron chi connectivity index (χ3n) is 2.86. The Morgan fingerprint density at radius 3 is 2.95 bits per heavy atom. The van der Waals surface area contributed by atoms with Crippen LogP contribution >= 0.6 is 11.6 Å². The summed E-state index contributed by atoms with van der Waals surface area (Å²) in [6.07, 6.45) is 4.63. The number of rotatable bonds is 7. The molecular weight excluding hydrogens is 280 g/mol. The van der Waals surface area contributed by atoms with Crippen LogP contribution in [-0.2, 0) is 13.1 Å². The van der Waals surface area contributed by atoms with E-state index < -0.39 is 4.92 Å². The zero-order valence-corrected chi connectivity index (χ0v) is 11.6. The summed E-state index contributed by atoms with van der Waals surface area (Å²) in [5, 5.41) is 18.4. The fourth-order valence-electron chi connectivity index (χ4n) is 1.81. The quantitative estimate of drug-likeness (QED) is 0.484. The van der Waals surface area contributed by atoms with Crippen molar-refractivity contribution in [2.75, 3.05) is 6.54 Å². The predicted molar refractivity (Wildman–Crippen MR) is 76.7 cm³/mol. The molecule has 0 amide bonds. The first-order valence-corrected chi connectivity index (χ1v) is 6.65. The molecule has 0 unspecified atom stereocenters. The van der Waals surface area contributed by atoms with Crippen molar-refractivity contribution >= 4 is 17.3 Å². The molecule has 0 radical (unpaired) electrons. The third-order valence-corrected chi connectivity index (χ3v) is 3.21. The maximum absolute atomic E-state index is 10.6. The topological polar surface area (TPSA) is 73.0 Å². The fourth-order valence-corrected chi connectivity index (χ4v) is 2.06.